The second kappa shape index (κ2) is 6.22. The summed E-state index contributed by atoms with van der Waals surface area (Å²) < 4.78 is 10.7. The number of ether oxygens (including phenoxy) is 2. The molecule has 1 aliphatic rings. The average Bonchev–Trinajstić information content (AvgIpc) is 2.99. The van der Waals surface area contributed by atoms with Crippen molar-refractivity contribution in [1.82, 2.24) is 20.5 Å². The summed E-state index contributed by atoms with van der Waals surface area (Å²) in [6.07, 6.45) is 0.985. The zero-order valence-electron chi connectivity index (χ0n) is 13.8. The molecular weight excluding hydrogens is 304 g/mol. The first-order chi connectivity index (χ1) is 11.8. The Bertz CT molecular complexity index is 875. The molecule has 3 aromatic rings. The van der Waals surface area contributed by atoms with Crippen LogP contribution in [0.5, 0.6) is 5.75 Å². The molecule has 4 rings (SSSR count). The van der Waals surface area contributed by atoms with Gasteiger partial charge in [-0.1, -0.05) is 12.1 Å². The summed E-state index contributed by atoms with van der Waals surface area (Å²) in [6.45, 7) is 3.36. The molecule has 1 unspecified atom stereocenters. The lowest BCUT2D eigenvalue weighted by atomic mass is 9.99. The Morgan fingerprint density at radius 2 is 2.12 bits per heavy atom. The van der Waals surface area contributed by atoms with Crippen LogP contribution in [0.25, 0.3) is 22.3 Å². The minimum Gasteiger partial charge on any atom is -0.467 e. The largest absolute Gasteiger partial charge is 0.467 e. The van der Waals surface area contributed by atoms with Crippen LogP contribution < -0.4 is 10.1 Å². The number of nitrogens with one attached hydrogen (secondary N) is 2. The van der Waals surface area contributed by atoms with E-state index >= 15 is 0 Å². The van der Waals surface area contributed by atoms with Crippen LogP contribution in [0.4, 0.5) is 0 Å². The van der Waals surface area contributed by atoms with E-state index in [1.807, 2.05) is 24.3 Å². The summed E-state index contributed by atoms with van der Waals surface area (Å²) in [5.41, 5.74) is 5.10. The van der Waals surface area contributed by atoms with Gasteiger partial charge in [0, 0.05) is 42.8 Å². The maximum Gasteiger partial charge on any atom is 0.188 e. The van der Waals surface area contributed by atoms with E-state index < -0.39 is 0 Å². The number of para-hydroxylation sites is 1. The van der Waals surface area contributed by atoms with Gasteiger partial charge in [0.15, 0.2) is 12.4 Å². The van der Waals surface area contributed by atoms with Crippen molar-refractivity contribution in [2.45, 2.75) is 19.4 Å². The maximum absolute atomic E-state index is 5.66. The highest BCUT2D eigenvalue weighted by Crippen LogP contribution is 2.34. The minimum atomic E-state index is 0.202. The molecule has 1 atom stereocenters. The summed E-state index contributed by atoms with van der Waals surface area (Å²) in [7, 11) is 1.61. The van der Waals surface area contributed by atoms with Crippen molar-refractivity contribution in [3.63, 3.8) is 0 Å². The molecule has 0 bridgehead atoms. The Balaban J connectivity index is 1.82. The highest BCUT2D eigenvalue weighted by Gasteiger charge is 2.22. The zero-order valence-corrected chi connectivity index (χ0v) is 13.8. The quantitative estimate of drug-likeness (QED) is 0.722. The van der Waals surface area contributed by atoms with Gasteiger partial charge in [-0.15, -0.1) is 10.2 Å². The predicted molar refractivity (Wildman–Crippen MR) is 92.0 cm³/mol. The third-order valence-corrected chi connectivity index (χ3v) is 4.43. The summed E-state index contributed by atoms with van der Waals surface area (Å²) >= 11 is 0. The molecule has 0 aliphatic carbocycles. The molecule has 0 saturated carbocycles. The lowest BCUT2D eigenvalue weighted by Crippen LogP contribution is -2.27. The number of hydrogen-bond acceptors (Lipinski definition) is 5. The SMILES string of the molecule is COCOc1ccccc1-c1cc2c3c([nH]c2nn1)CCNC3C. The molecule has 2 aromatic heterocycles. The van der Waals surface area contributed by atoms with E-state index in [9.17, 15) is 0 Å². The molecule has 6 nitrogen and oxygen atoms in total. The van der Waals surface area contributed by atoms with Crippen molar-refractivity contribution in [3.8, 4) is 17.0 Å². The van der Waals surface area contributed by atoms with Crippen LogP contribution >= 0.6 is 0 Å². The van der Waals surface area contributed by atoms with E-state index in [2.05, 4.69) is 33.5 Å². The molecule has 124 valence electrons. The van der Waals surface area contributed by atoms with Crippen LogP contribution in [-0.4, -0.2) is 35.6 Å². The van der Waals surface area contributed by atoms with Gasteiger partial charge < -0.3 is 19.8 Å². The Kier molecular flexibility index (Phi) is 3.92. The first kappa shape index (κ1) is 15.1. The van der Waals surface area contributed by atoms with Crippen molar-refractivity contribution in [3.05, 3.63) is 41.6 Å². The monoisotopic (exact) mass is 324 g/mol. The van der Waals surface area contributed by atoms with Gasteiger partial charge in [0.25, 0.3) is 0 Å². The fourth-order valence-electron chi connectivity index (χ4n) is 3.33. The smallest absolute Gasteiger partial charge is 0.188 e. The Hall–Kier alpha value is -2.44. The lowest BCUT2D eigenvalue weighted by molar-refractivity contribution is 0.0515. The number of rotatable bonds is 4. The van der Waals surface area contributed by atoms with Gasteiger partial charge >= 0.3 is 0 Å². The third-order valence-electron chi connectivity index (χ3n) is 4.43. The van der Waals surface area contributed by atoms with Gasteiger partial charge in [0.1, 0.15) is 5.75 Å². The van der Waals surface area contributed by atoms with Crippen molar-refractivity contribution >= 4 is 11.0 Å². The van der Waals surface area contributed by atoms with Crippen LogP contribution in [0.3, 0.4) is 0 Å². The van der Waals surface area contributed by atoms with Crippen molar-refractivity contribution in [2.75, 3.05) is 20.4 Å². The van der Waals surface area contributed by atoms with E-state index in [4.69, 9.17) is 9.47 Å². The van der Waals surface area contributed by atoms with Crippen LogP contribution in [0.2, 0.25) is 0 Å². The highest BCUT2D eigenvalue weighted by atomic mass is 16.7. The first-order valence-electron chi connectivity index (χ1n) is 8.10. The molecule has 0 fully saturated rings. The fourth-order valence-corrected chi connectivity index (χ4v) is 3.33. The van der Waals surface area contributed by atoms with Crippen LogP contribution in [0, 0.1) is 0 Å². The number of nitrogens with zero attached hydrogens (tertiary/aromatic N) is 2. The minimum absolute atomic E-state index is 0.202. The normalized spacial score (nSPS) is 17.0. The van der Waals surface area contributed by atoms with E-state index in [0.29, 0.717) is 6.04 Å². The molecule has 0 radical (unpaired) electrons. The van der Waals surface area contributed by atoms with Gasteiger partial charge in [-0.25, -0.2) is 0 Å². The number of aromatic amines is 1. The Labute approximate surface area is 140 Å². The summed E-state index contributed by atoms with van der Waals surface area (Å²) in [5, 5.41) is 13.4. The number of methoxy groups -OCH3 is 1. The molecular formula is C18H20N4O2. The number of fused-ring (bicyclic) bond motifs is 3. The number of hydrogen-bond donors (Lipinski definition) is 2. The molecule has 3 heterocycles. The molecule has 0 spiro atoms. The second-order valence-electron chi connectivity index (χ2n) is 5.98. The molecule has 1 aromatic carbocycles. The Morgan fingerprint density at radius 3 is 3.00 bits per heavy atom. The fraction of sp³-hybridized carbons (Fsp3) is 0.333. The number of H-pyrrole nitrogens is 1. The molecule has 6 heteroatoms. The molecule has 2 N–H and O–H groups in total. The van der Waals surface area contributed by atoms with Gasteiger partial charge in [-0.3, -0.25) is 0 Å². The lowest BCUT2D eigenvalue weighted by Gasteiger charge is -2.20. The van der Waals surface area contributed by atoms with E-state index in [1.165, 1.54) is 11.3 Å². The van der Waals surface area contributed by atoms with Crippen LogP contribution in [0.15, 0.2) is 30.3 Å². The van der Waals surface area contributed by atoms with Crippen molar-refractivity contribution in [2.24, 2.45) is 0 Å². The van der Waals surface area contributed by atoms with Gasteiger partial charge in [-0.2, -0.15) is 0 Å². The van der Waals surface area contributed by atoms with E-state index in [-0.39, 0.29) is 6.79 Å². The standard InChI is InChI=1S/C18H20N4O2/c1-11-17-13-9-15(12-5-3-4-6-16(12)24-10-23-2)21-22-18(13)20-14(17)7-8-19-11/h3-6,9,11,19H,7-8,10H2,1-2H3,(H,20,22). The molecule has 0 amide bonds. The second-order valence-corrected chi connectivity index (χ2v) is 5.98. The topological polar surface area (TPSA) is 72.1 Å². The van der Waals surface area contributed by atoms with Crippen LogP contribution in [0.1, 0.15) is 24.2 Å². The summed E-state index contributed by atoms with van der Waals surface area (Å²) in [6, 6.07) is 10.2. The third kappa shape index (κ3) is 2.53. The highest BCUT2D eigenvalue weighted by molar-refractivity contribution is 5.86. The van der Waals surface area contributed by atoms with Crippen molar-refractivity contribution < 1.29 is 9.47 Å². The molecule has 1 aliphatic heterocycles. The zero-order chi connectivity index (χ0) is 16.5. The summed E-state index contributed by atoms with van der Waals surface area (Å²) in [4.78, 5) is 3.41. The summed E-state index contributed by atoms with van der Waals surface area (Å²) in [5.74, 6) is 0.739. The van der Waals surface area contributed by atoms with Gasteiger partial charge in [0.05, 0.1) is 5.69 Å². The average molecular weight is 324 g/mol. The molecule has 24 heavy (non-hydrogen) atoms. The van der Waals surface area contributed by atoms with E-state index in [1.54, 1.807) is 7.11 Å². The number of benzene rings is 1. The van der Waals surface area contributed by atoms with Crippen LogP contribution in [-0.2, 0) is 11.2 Å². The number of aromatic nitrogens is 3. The van der Waals surface area contributed by atoms with Gasteiger partial charge in [0.2, 0.25) is 0 Å². The predicted octanol–water partition coefficient (Wildman–Crippen LogP) is 2.81. The first-order valence-corrected chi connectivity index (χ1v) is 8.10. The molecule has 0 saturated heterocycles. The van der Waals surface area contributed by atoms with E-state index in [0.717, 1.165) is 41.0 Å². The van der Waals surface area contributed by atoms with Crippen molar-refractivity contribution in [1.29, 1.82) is 0 Å². The van der Waals surface area contributed by atoms with Gasteiger partial charge in [-0.05, 0) is 30.7 Å². The maximum atomic E-state index is 5.66. The Morgan fingerprint density at radius 1 is 1.25 bits per heavy atom.